The van der Waals surface area contributed by atoms with Crippen molar-refractivity contribution in [1.29, 1.82) is 0 Å². The summed E-state index contributed by atoms with van der Waals surface area (Å²) >= 11 is 6.33. The highest BCUT2D eigenvalue weighted by Gasteiger charge is 2.13. The molecule has 0 N–H and O–H groups in total. The summed E-state index contributed by atoms with van der Waals surface area (Å²) in [5.74, 6) is 0.919. The molecule has 0 spiro atoms. The predicted octanol–water partition coefficient (Wildman–Crippen LogP) is 3.78. The van der Waals surface area contributed by atoms with Crippen molar-refractivity contribution in [1.82, 2.24) is 14.3 Å². The number of fused-ring (bicyclic) bond motifs is 1. The zero-order valence-corrected chi connectivity index (χ0v) is 13.2. The van der Waals surface area contributed by atoms with E-state index in [-0.39, 0.29) is 0 Å². The molecule has 0 radical (unpaired) electrons. The standard InChI is InChI=1S/C16H18ClN3O/c1-4-21-15-7-5-6-14-12(15)8-9-20(14)10-13-11(2)18-19(3)16(13)17/h5-9H,4,10H2,1-3H3. The maximum Gasteiger partial charge on any atom is 0.131 e. The van der Waals surface area contributed by atoms with Gasteiger partial charge in [0.1, 0.15) is 10.9 Å². The second kappa shape index (κ2) is 5.45. The van der Waals surface area contributed by atoms with E-state index >= 15 is 0 Å². The summed E-state index contributed by atoms with van der Waals surface area (Å²) in [6.45, 7) is 5.35. The number of hydrogen-bond acceptors (Lipinski definition) is 2. The van der Waals surface area contributed by atoms with E-state index in [9.17, 15) is 0 Å². The highest BCUT2D eigenvalue weighted by Crippen LogP contribution is 2.28. The molecular weight excluding hydrogens is 286 g/mol. The van der Waals surface area contributed by atoms with E-state index in [2.05, 4.69) is 28.0 Å². The van der Waals surface area contributed by atoms with E-state index in [4.69, 9.17) is 16.3 Å². The summed E-state index contributed by atoms with van der Waals surface area (Å²) in [5.41, 5.74) is 3.16. The highest BCUT2D eigenvalue weighted by molar-refractivity contribution is 6.30. The van der Waals surface area contributed by atoms with Gasteiger partial charge in [0.2, 0.25) is 0 Å². The van der Waals surface area contributed by atoms with Gasteiger partial charge >= 0.3 is 0 Å². The van der Waals surface area contributed by atoms with Gasteiger partial charge in [-0.3, -0.25) is 4.68 Å². The topological polar surface area (TPSA) is 32.0 Å². The van der Waals surface area contributed by atoms with Gasteiger partial charge in [0, 0.05) is 24.2 Å². The third-order valence-electron chi connectivity index (χ3n) is 3.67. The lowest BCUT2D eigenvalue weighted by atomic mass is 10.2. The van der Waals surface area contributed by atoms with Crippen molar-refractivity contribution in [2.45, 2.75) is 20.4 Å². The fourth-order valence-corrected chi connectivity index (χ4v) is 2.87. The Labute approximate surface area is 128 Å². The Morgan fingerprint density at radius 3 is 2.76 bits per heavy atom. The lowest BCUT2D eigenvalue weighted by Crippen LogP contribution is -1.99. The average molecular weight is 304 g/mol. The van der Waals surface area contributed by atoms with Crippen LogP contribution in [0.25, 0.3) is 10.9 Å². The zero-order chi connectivity index (χ0) is 15.0. The van der Waals surface area contributed by atoms with Gasteiger partial charge in [-0.25, -0.2) is 0 Å². The smallest absolute Gasteiger partial charge is 0.131 e. The Bertz CT molecular complexity index is 788. The Morgan fingerprint density at radius 2 is 2.10 bits per heavy atom. The number of aryl methyl sites for hydroxylation is 2. The van der Waals surface area contributed by atoms with E-state index in [1.165, 1.54) is 0 Å². The molecular formula is C16H18ClN3O. The van der Waals surface area contributed by atoms with Crippen LogP contribution in [0.1, 0.15) is 18.2 Å². The molecule has 5 heteroatoms. The van der Waals surface area contributed by atoms with Crippen molar-refractivity contribution < 1.29 is 4.74 Å². The molecule has 0 atom stereocenters. The number of aromatic nitrogens is 3. The molecule has 0 aliphatic heterocycles. The van der Waals surface area contributed by atoms with Crippen LogP contribution in [0.4, 0.5) is 0 Å². The Hall–Kier alpha value is -1.94. The molecule has 110 valence electrons. The lowest BCUT2D eigenvalue weighted by Gasteiger charge is -2.08. The second-order valence-electron chi connectivity index (χ2n) is 5.04. The first-order valence-electron chi connectivity index (χ1n) is 7.00. The second-order valence-corrected chi connectivity index (χ2v) is 5.40. The van der Waals surface area contributed by atoms with Crippen LogP contribution in [-0.4, -0.2) is 21.0 Å². The molecule has 0 amide bonds. The molecule has 0 bridgehead atoms. The number of halogens is 1. The molecule has 2 heterocycles. The van der Waals surface area contributed by atoms with Crippen LogP contribution in [0.2, 0.25) is 5.15 Å². The van der Waals surface area contributed by atoms with Crippen LogP contribution in [0.3, 0.4) is 0 Å². The molecule has 4 nitrogen and oxygen atoms in total. The first kappa shape index (κ1) is 14.0. The zero-order valence-electron chi connectivity index (χ0n) is 12.4. The number of benzene rings is 1. The largest absolute Gasteiger partial charge is 0.493 e. The van der Waals surface area contributed by atoms with E-state index in [0.717, 1.165) is 27.9 Å². The quantitative estimate of drug-likeness (QED) is 0.734. The number of hydrogen-bond donors (Lipinski definition) is 0. The molecule has 1 aromatic carbocycles. The summed E-state index contributed by atoms with van der Waals surface area (Å²) in [6, 6.07) is 8.19. The highest BCUT2D eigenvalue weighted by atomic mass is 35.5. The molecule has 21 heavy (non-hydrogen) atoms. The summed E-state index contributed by atoms with van der Waals surface area (Å²) in [5, 5.41) is 6.18. The van der Waals surface area contributed by atoms with Gasteiger partial charge in [0.15, 0.2) is 0 Å². The van der Waals surface area contributed by atoms with Crippen LogP contribution in [0, 0.1) is 6.92 Å². The van der Waals surface area contributed by atoms with E-state index < -0.39 is 0 Å². The van der Waals surface area contributed by atoms with Crippen LogP contribution in [-0.2, 0) is 13.6 Å². The summed E-state index contributed by atoms with van der Waals surface area (Å²) in [6.07, 6.45) is 2.07. The molecule has 0 fully saturated rings. The third-order valence-corrected chi connectivity index (χ3v) is 4.14. The molecule has 0 unspecified atom stereocenters. The third kappa shape index (κ3) is 2.40. The fourth-order valence-electron chi connectivity index (χ4n) is 2.64. The van der Waals surface area contributed by atoms with Gasteiger partial charge in [0.05, 0.1) is 24.4 Å². The maximum atomic E-state index is 6.33. The molecule has 0 saturated heterocycles. The van der Waals surface area contributed by atoms with Crippen LogP contribution in [0.15, 0.2) is 30.5 Å². The predicted molar refractivity (Wildman–Crippen MR) is 85.2 cm³/mol. The van der Waals surface area contributed by atoms with Gasteiger partial charge in [-0.15, -0.1) is 0 Å². The van der Waals surface area contributed by atoms with Crippen molar-refractivity contribution in [3.05, 3.63) is 46.9 Å². The van der Waals surface area contributed by atoms with Gasteiger partial charge in [0.25, 0.3) is 0 Å². The van der Waals surface area contributed by atoms with Gasteiger partial charge in [-0.2, -0.15) is 5.10 Å². The summed E-state index contributed by atoms with van der Waals surface area (Å²) < 4.78 is 9.56. The van der Waals surface area contributed by atoms with Gasteiger partial charge in [-0.05, 0) is 32.0 Å². The van der Waals surface area contributed by atoms with E-state index in [1.54, 1.807) is 4.68 Å². The Morgan fingerprint density at radius 1 is 1.29 bits per heavy atom. The molecule has 3 rings (SSSR count). The van der Waals surface area contributed by atoms with E-state index in [0.29, 0.717) is 18.3 Å². The first-order valence-corrected chi connectivity index (χ1v) is 7.38. The maximum absolute atomic E-state index is 6.33. The number of ether oxygens (including phenoxy) is 1. The number of rotatable bonds is 4. The van der Waals surface area contributed by atoms with Gasteiger partial charge < -0.3 is 9.30 Å². The summed E-state index contributed by atoms with van der Waals surface area (Å²) in [4.78, 5) is 0. The van der Waals surface area contributed by atoms with Crippen LogP contribution in [0.5, 0.6) is 5.75 Å². The van der Waals surface area contributed by atoms with Crippen molar-refractivity contribution in [3.63, 3.8) is 0 Å². The Balaban J connectivity index is 2.04. The van der Waals surface area contributed by atoms with Crippen molar-refractivity contribution >= 4 is 22.5 Å². The van der Waals surface area contributed by atoms with Crippen molar-refractivity contribution in [2.75, 3.05) is 6.61 Å². The van der Waals surface area contributed by atoms with E-state index in [1.807, 2.05) is 33.0 Å². The number of nitrogens with zero attached hydrogens (tertiary/aromatic N) is 3. The summed E-state index contributed by atoms with van der Waals surface area (Å²) in [7, 11) is 1.86. The fraction of sp³-hybridized carbons (Fsp3) is 0.312. The monoisotopic (exact) mass is 303 g/mol. The molecule has 3 aromatic rings. The normalized spacial score (nSPS) is 11.2. The SMILES string of the molecule is CCOc1cccc2c1ccn2Cc1c(C)nn(C)c1Cl. The van der Waals surface area contributed by atoms with Crippen molar-refractivity contribution in [3.8, 4) is 5.75 Å². The minimum Gasteiger partial charge on any atom is -0.493 e. The van der Waals surface area contributed by atoms with Crippen LogP contribution < -0.4 is 4.74 Å². The minimum atomic E-state index is 0.665. The van der Waals surface area contributed by atoms with Crippen LogP contribution >= 0.6 is 11.6 Å². The molecule has 0 aliphatic rings. The first-order chi connectivity index (χ1) is 10.1. The van der Waals surface area contributed by atoms with Crippen molar-refractivity contribution in [2.24, 2.45) is 7.05 Å². The lowest BCUT2D eigenvalue weighted by molar-refractivity contribution is 0.344. The molecule has 0 saturated carbocycles. The molecule has 0 aliphatic carbocycles. The molecule has 2 aromatic heterocycles. The minimum absolute atomic E-state index is 0.665. The van der Waals surface area contributed by atoms with Gasteiger partial charge in [-0.1, -0.05) is 17.7 Å². The Kier molecular flexibility index (Phi) is 3.64. The average Bonchev–Trinajstić information content (AvgIpc) is 2.97.